The van der Waals surface area contributed by atoms with Crippen LogP contribution in [0.25, 0.3) is 0 Å². The van der Waals surface area contributed by atoms with E-state index in [1.807, 2.05) is 0 Å². The highest BCUT2D eigenvalue weighted by atomic mass is 16.3. The van der Waals surface area contributed by atoms with Crippen LogP contribution in [0.2, 0.25) is 0 Å². The first-order valence-corrected chi connectivity index (χ1v) is 9.36. The second-order valence-corrected chi connectivity index (χ2v) is 9.74. The van der Waals surface area contributed by atoms with Gasteiger partial charge in [-0.25, -0.2) is 0 Å². The summed E-state index contributed by atoms with van der Waals surface area (Å²) in [5.74, 6) is 1.65. The molecule has 0 aromatic heterocycles. The molecule has 0 aromatic carbocycles. The molecule has 2 N–H and O–H groups in total. The van der Waals surface area contributed by atoms with Crippen molar-refractivity contribution in [2.75, 3.05) is 0 Å². The Hall–Kier alpha value is -0.0800. The monoisotopic (exact) mass is 312 g/mol. The lowest BCUT2D eigenvalue weighted by Crippen LogP contribution is -2.27. The van der Waals surface area contributed by atoms with Crippen LogP contribution >= 0.6 is 0 Å². The van der Waals surface area contributed by atoms with Crippen LogP contribution in [0.4, 0.5) is 0 Å². The maximum atomic E-state index is 9.29. The summed E-state index contributed by atoms with van der Waals surface area (Å²) in [6.07, 6.45) is 8.90. The lowest BCUT2D eigenvalue weighted by molar-refractivity contribution is 0.0722. The lowest BCUT2D eigenvalue weighted by atomic mass is 9.72. The van der Waals surface area contributed by atoms with E-state index in [0.29, 0.717) is 10.8 Å². The van der Waals surface area contributed by atoms with Crippen LogP contribution in [-0.4, -0.2) is 22.4 Å². The van der Waals surface area contributed by atoms with Crippen LogP contribution < -0.4 is 0 Å². The molecule has 0 bridgehead atoms. The van der Waals surface area contributed by atoms with Crippen molar-refractivity contribution in [1.29, 1.82) is 0 Å². The smallest absolute Gasteiger partial charge is 0.0540 e. The summed E-state index contributed by atoms with van der Waals surface area (Å²) in [6, 6.07) is 0. The molecule has 0 aromatic rings. The van der Waals surface area contributed by atoms with Crippen molar-refractivity contribution < 1.29 is 10.2 Å². The zero-order valence-corrected chi connectivity index (χ0v) is 15.9. The van der Waals surface area contributed by atoms with Crippen LogP contribution in [0.1, 0.15) is 92.9 Å². The van der Waals surface area contributed by atoms with E-state index in [4.69, 9.17) is 0 Å². The molecule has 0 aliphatic heterocycles. The molecule has 2 aliphatic rings. The topological polar surface area (TPSA) is 40.5 Å². The summed E-state index contributed by atoms with van der Waals surface area (Å²) in [7, 11) is 0. The van der Waals surface area contributed by atoms with Gasteiger partial charge in [0, 0.05) is 0 Å². The third-order valence-corrected chi connectivity index (χ3v) is 5.84. The zero-order chi connectivity index (χ0) is 17.0. The first-order chi connectivity index (χ1) is 10.00. The summed E-state index contributed by atoms with van der Waals surface area (Å²) in [5.41, 5.74) is 0.889. The van der Waals surface area contributed by atoms with E-state index in [2.05, 4.69) is 41.5 Å². The molecule has 0 spiro atoms. The average Bonchev–Trinajstić information content (AvgIpc) is 2.38. The third kappa shape index (κ3) is 7.00. The second kappa shape index (κ2) is 8.15. The first-order valence-electron chi connectivity index (χ1n) is 9.36. The van der Waals surface area contributed by atoms with Crippen molar-refractivity contribution >= 4 is 0 Å². The van der Waals surface area contributed by atoms with Crippen molar-refractivity contribution in [1.82, 2.24) is 0 Å². The van der Waals surface area contributed by atoms with E-state index in [0.717, 1.165) is 37.5 Å². The molecule has 0 radical (unpaired) electrons. The highest BCUT2D eigenvalue weighted by molar-refractivity contribution is 4.80. The molecule has 0 unspecified atom stereocenters. The Bertz CT molecular complexity index is 263. The highest BCUT2D eigenvalue weighted by Gasteiger charge is 2.29. The van der Waals surface area contributed by atoms with E-state index in [1.165, 1.54) is 25.7 Å². The van der Waals surface area contributed by atoms with Gasteiger partial charge < -0.3 is 10.2 Å². The first kappa shape index (κ1) is 20.0. The van der Waals surface area contributed by atoms with Crippen LogP contribution in [0, 0.1) is 22.7 Å². The third-order valence-electron chi connectivity index (χ3n) is 5.84. The summed E-state index contributed by atoms with van der Waals surface area (Å²) in [4.78, 5) is 0. The fourth-order valence-corrected chi connectivity index (χ4v) is 3.88. The summed E-state index contributed by atoms with van der Waals surface area (Å²) in [6.45, 7) is 13.8. The Morgan fingerprint density at radius 1 is 0.500 bits per heavy atom. The van der Waals surface area contributed by atoms with Gasteiger partial charge in [0.25, 0.3) is 0 Å². The molecule has 0 atom stereocenters. The van der Waals surface area contributed by atoms with Gasteiger partial charge in [-0.3, -0.25) is 0 Å². The van der Waals surface area contributed by atoms with Gasteiger partial charge in [0.1, 0.15) is 0 Å². The minimum absolute atomic E-state index is 0.00593. The second-order valence-electron chi connectivity index (χ2n) is 9.74. The predicted molar refractivity (Wildman–Crippen MR) is 94.8 cm³/mol. The van der Waals surface area contributed by atoms with Gasteiger partial charge in [0.05, 0.1) is 12.2 Å². The molecule has 2 aliphatic carbocycles. The lowest BCUT2D eigenvalue weighted by Gasteiger charge is -2.35. The van der Waals surface area contributed by atoms with Crippen LogP contribution in [0.3, 0.4) is 0 Å². The molecular formula is C20H40O2. The van der Waals surface area contributed by atoms with Gasteiger partial charge in [-0.2, -0.15) is 0 Å². The Kier molecular flexibility index (Phi) is 7.39. The molecular weight excluding hydrogens is 272 g/mol. The molecule has 2 heteroatoms. The Balaban J connectivity index is 0.000000220. The highest BCUT2D eigenvalue weighted by Crippen LogP contribution is 2.38. The predicted octanol–water partition coefficient (Wildman–Crippen LogP) is 5.17. The maximum absolute atomic E-state index is 9.29. The normalized spacial score (nSPS) is 33.8. The van der Waals surface area contributed by atoms with Crippen molar-refractivity contribution in [2.24, 2.45) is 22.7 Å². The molecule has 0 amide bonds. The molecule has 22 heavy (non-hydrogen) atoms. The van der Waals surface area contributed by atoms with Gasteiger partial charge in [-0.1, -0.05) is 41.5 Å². The Morgan fingerprint density at radius 3 is 0.909 bits per heavy atom. The van der Waals surface area contributed by atoms with Gasteiger partial charge >= 0.3 is 0 Å². The molecule has 132 valence electrons. The molecule has 0 heterocycles. The van der Waals surface area contributed by atoms with Crippen LogP contribution in [0.15, 0.2) is 0 Å². The van der Waals surface area contributed by atoms with Crippen molar-refractivity contribution in [3.05, 3.63) is 0 Å². The van der Waals surface area contributed by atoms with E-state index < -0.39 is 0 Å². The Labute approximate surface area is 138 Å². The number of hydrogen-bond acceptors (Lipinski definition) is 2. The minimum atomic E-state index is -0.00593. The molecule has 0 saturated heterocycles. The SMILES string of the molecule is CC(C)(C)C1CCC(O)CC1.CC(C)(C)C1CCC(O)CC1. The quantitative estimate of drug-likeness (QED) is 0.648. The summed E-state index contributed by atoms with van der Waals surface area (Å²) < 4.78 is 0. The number of aliphatic hydroxyl groups excluding tert-OH is 2. The molecule has 2 fully saturated rings. The molecule has 2 rings (SSSR count). The average molecular weight is 313 g/mol. The van der Waals surface area contributed by atoms with E-state index in [1.54, 1.807) is 0 Å². The van der Waals surface area contributed by atoms with Crippen molar-refractivity contribution in [3.63, 3.8) is 0 Å². The Morgan fingerprint density at radius 2 is 0.727 bits per heavy atom. The number of rotatable bonds is 0. The number of hydrogen-bond donors (Lipinski definition) is 2. The van der Waals surface area contributed by atoms with E-state index in [-0.39, 0.29) is 12.2 Å². The van der Waals surface area contributed by atoms with Crippen molar-refractivity contribution in [2.45, 2.75) is 105 Å². The van der Waals surface area contributed by atoms with Gasteiger partial charge in [-0.05, 0) is 74.0 Å². The van der Waals surface area contributed by atoms with E-state index in [9.17, 15) is 10.2 Å². The summed E-state index contributed by atoms with van der Waals surface area (Å²) in [5, 5.41) is 18.6. The van der Waals surface area contributed by atoms with Gasteiger partial charge in [0.15, 0.2) is 0 Å². The van der Waals surface area contributed by atoms with Crippen LogP contribution in [-0.2, 0) is 0 Å². The minimum Gasteiger partial charge on any atom is -0.393 e. The standard InChI is InChI=1S/2C10H20O/c2*1-10(2,3)8-4-6-9(11)7-5-8/h2*8-9,11H,4-7H2,1-3H3. The molecule has 2 saturated carbocycles. The van der Waals surface area contributed by atoms with E-state index >= 15 is 0 Å². The fraction of sp³-hybridized carbons (Fsp3) is 1.00. The largest absolute Gasteiger partial charge is 0.393 e. The van der Waals surface area contributed by atoms with Crippen molar-refractivity contribution in [3.8, 4) is 0 Å². The van der Waals surface area contributed by atoms with Gasteiger partial charge in [0.2, 0.25) is 0 Å². The zero-order valence-electron chi connectivity index (χ0n) is 15.9. The summed E-state index contributed by atoms with van der Waals surface area (Å²) >= 11 is 0. The van der Waals surface area contributed by atoms with Crippen LogP contribution in [0.5, 0.6) is 0 Å². The number of aliphatic hydroxyl groups is 2. The fourth-order valence-electron chi connectivity index (χ4n) is 3.88. The maximum Gasteiger partial charge on any atom is 0.0540 e. The van der Waals surface area contributed by atoms with Gasteiger partial charge in [-0.15, -0.1) is 0 Å². The molecule has 2 nitrogen and oxygen atoms in total.